The first-order chi connectivity index (χ1) is 10.6. The lowest BCUT2D eigenvalue weighted by atomic mass is 10.0. The van der Waals surface area contributed by atoms with Crippen LogP contribution in [0.3, 0.4) is 0 Å². The number of hydrogen-bond donors (Lipinski definition) is 1. The topological polar surface area (TPSA) is 56.2 Å². The van der Waals surface area contributed by atoms with Crippen LogP contribution in [-0.4, -0.2) is 28.6 Å². The van der Waals surface area contributed by atoms with E-state index in [4.69, 9.17) is 4.74 Å². The second-order valence-electron chi connectivity index (χ2n) is 5.64. The van der Waals surface area contributed by atoms with E-state index in [1.165, 1.54) is 0 Å². The molecule has 0 saturated heterocycles. The van der Waals surface area contributed by atoms with Crippen molar-refractivity contribution in [1.29, 1.82) is 0 Å². The largest absolute Gasteiger partial charge is 0.493 e. The highest BCUT2D eigenvalue weighted by Gasteiger charge is 2.13. The SMILES string of the molecule is Cc1ncn(CCNC(=O)c2ccc3c(c2)CCCO3)c1C. The van der Waals surface area contributed by atoms with Gasteiger partial charge in [-0.25, -0.2) is 4.98 Å². The Morgan fingerprint density at radius 3 is 3.05 bits per heavy atom. The van der Waals surface area contributed by atoms with Crippen molar-refractivity contribution in [2.45, 2.75) is 33.2 Å². The summed E-state index contributed by atoms with van der Waals surface area (Å²) >= 11 is 0. The van der Waals surface area contributed by atoms with E-state index in [9.17, 15) is 4.79 Å². The molecule has 0 unspecified atom stereocenters. The Kier molecular flexibility index (Phi) is 4.13. The van der Waals surface area contributed by atoms with Crippen molar-refractivity contribution >= 4 is 5.91 Å². The van der Waals surface area contributed by atoms with E-state index in [0.717, 1.165) is 48.7 Å². The molecule has 0 atom stereocenters. The van der Waals surface area contributed by atoms with Crippen molar-refractivity contribution in [2.24, 2.45) is 0 Å². The molecule has 2 aromatic rings. The van der Waals surface area contributed by atoms with E-state index in [1.807, 2.05) is 38.4 Å². The van der Waals surface area contributed by atoms with Crippen LogP contribution in [0.1, 0.15) is 33.7 Å². The number of benzene rings is 1. The fourth-order valence-corrected chi connectivity index (χ4v) is 2.66. The summed E-state index contributed by atoms with van der Waals surface area (Å²) in [5, 5.41) is 2.96. The number of aryl methyl sites for hydroxylation is 2. The molecule has 1 aliphatic rings. The zero-order chi connectivity index (χ0) is 15.5. The molecule has 0 saturated carbocycles. The van der Waals surface area contributed by atoms with E-state index < -0.39 is 0 Å². The monoisotopic (exact) mass is 299 g/mol. The molecule has 0 radical (unpaired) electrons. The third-order valence-electron chi connectivity index (χ3n) is 4.15. The zero-order valence-electron chi connectivity index (χ0n) is 13.1. The van der Waals surface area contributed by atoms with Crippen LogP contribution in [0.15, 0.2) is 24.5 Å². The molecule has 1 amide bonds. The summed E-state index contributed by atoms with van der Waals surface area (Å²) in [6, 6.07) is 5.66. The van der Waals surface area contributed by atoms with Crippen LogP contribution in [0.2, 0.25) is 0 Å². The molecule has 116 valence electrons. The lowest BCUT2D eigenvalue weighted by molar-refractivity contribution is 0.0952. The standard InChI is InChI=1S/C17H21N3O2/c1-12-13(2)20(11-19-12)8-7-18-17(21)15-5-6-16-14(10-15)4-3-9-22-16/h5-6,10-11H,3-4,7-9H2,1-2H3,(H,18,21). The summed E-state index contributed by atoms with van der Waals surface area (Å²) in [6.07, 6.45) is 3.80. The molecule has 5 heteroatoms. The Bertz CT molecular complexity index is 691. The fraction of sp³-hybridized carbons (Fsp3) is 0.412. The Balaban J connectivity index is 1.59. The number of nitrogens with zero attached hydrogens (tertiary/aromatic N) is 2. The number of hydrogen-bond acceptors (Lipinski definition) is 3. The van der Waals surface area contributed by atoms with Crippen LogP contribution >= 0.6 is 0 Å². The van der Waals surface area contributed by atoms with Crippen LogP contribution in [0, 0.1) is 13.8 Å². The highest BCUT2D eigenvalue weighted by atomic mass is 16.5. The molecule has 1 aromatic heterocycles. The Morgan fingerprint density at radius 1 is 1.41 bits per heavy atom. The minimum atomic E-state index is -0.0390. The average Bonchev–Trinajstić information content (AvgIpc) is 2.86. The first-order valence-corrected chi connectivity index (χ1v) is 7.67. The van der Waals surface area contributed by atoms with Crippen molar-refractivity contribution < 1.29 is 9.53 Å². The minimum Gasteiger partial charge on any atom is -0.493 e. The third-order valence-corrected chi connectivity index (χ3v) is 4.15. The molecule has 22 heavy (non-hydrogen) atoms. The van der Waals surface area contributed by atoms with Gasteiger partial charge in [0.2, 0.25) is 0 Å². The smallest absolute Gasteiger partial charge is 0.251 e. The molecule has 2 heterocycles. The number of fused-ring (bicyclic) bond motifs is 1. The van der Waals surface area contributed by atoms with Gasteiger partial charge in [0.15, 0.2) is 0 Å². The fourth-order valence-electron chi connectivity index (χ4n) is 2.66. The summed E-state index contributed by atoms with van der Waals surface area (Å²) in [5.74, 6) is 0.871. The van der Waals surface area contributed by atoms with Crippen molar-refractivity contribution in [2.75, 3.05) is 13.2 Å². The molecule has 1 N–H and O–H groups in total. The average molecular weight is 299 g/mol. The van der Waals surface area contributed by atoms with Gasteiger partial charge in [0.1, 0.15) is 5.75 Å². The first kappa shape index (κ1) is 14.6. The van der Waals surface area contributed by atoms with E-state index in [2.05, 4.69) is 14.9 Å². The number of carbonyl (C=O) groups is 1. The summed E-state index contributed by atoms with van der Waals surface area (Å²) < 4.78 is 7.62. The predicted octanol–water partition coefficient (Wildman–Crippen LogP) is 2.25. The quantitative estimate of drug-likeness (QED) is 0.942. The summed E-state index contributed by atoms with van der Waals surface area (Å²) in [7, 11) is 0. The summed E-state index contributed by atoms with van der Waals surface area (Å²) in [4.78, 5) is 16.5. The van der Waals surface area contributed by atoms with Crippen LogP contribution < -0.4 is 10.1 Å². The van der Waals surface area contributed by atoms with Crippen LogP contribution in [0.4, 0.5) is 0 Å². The second-order valence-corrected chi connectivity index (χ2v) is 5.64. The molecule has 1 aliphatic heterocycles. The van der Waals surface area contributed by atoms with Gasteiger partial charge in [-0.15, -0.1) is 0 Å². The summed E-state index contributed by atoms with van der Waals surface area (Å²) in [5.41, 5.74) is 3.99. The van der Waals surface area contributed by atoms with Gasteiger partial charge in [-0.05, 0) is 50.5 Å². The maximum Gasteiger partial charge on any atom is 0.251 e. The highest BCUT2D eigenvalue weighted by molar-refractivity contribution is 5.94. The van der Waals surface area contributed by atoms with Gasteiger partial charge in [0.25, 0.3) is 5.91 Å². The molecular formula is C17H21N3O2. The molecule has 0 fully saturated rings. The number of carbonyl (C=O) groups excluding carboxylic acids is 1. The number of imidazole rings is 1. The van der Waals surface area contributed by atoms with Gasteiger partial charge in [0.05, 0.1) is 18.6 Å². The van der Waals surface area contributed by atoms with Crippen molar-refractivity contribution in [3.63, 3.8) is 0 Å². The summed E-state index contributed by atoms with van der Waals surface area (Å²) in [6.45, 7) is 6.10. The first-order valence-electron chi connectivity index (χ1n) is 7.67. The molecule has 0 bridgehead atoms. The van der Waals surface area contributed by atoms with Crippen LogP contribution in [-0.2, 0) is 13.0 Å². The maximum atomic E-state index is 12.2. The zero-order valence-corrected chi connectivity index (χ0v) is 13.1. The Hall–Kier alpha value is -2.30. The number of ether oxygens (including phenoxy) is 1. The predicted molar refractivity (Wildman–Crippen MR) is 84.3 cm³/mol. The molecule has 3 rings (SSSR count). The van der Waals surface area contributed by atoms with Gasteiger partial charge in [-0.3, -0.25) is 4.79 Å². The van der Waals surface area contributed by atoms with Crippen molar-refractivity contribution in [1.82, 2.24) is 14.9 Å². The Labute approximate surface area is 130 Å². The van der Waals surface area contributed by atoms with Gasteiger partial charge >= 0.3 is 0 Å². The number of nitrogens with one attached hydrogen (secondary N) is 1. The number of amides is 1. The van der Waals surface area contributed by atoms with Crippen molar-refractivity contribution in [3.05, 3.63) is 47.0 Å². The normalized spacial score (nSPS) is 13.4. The van der Waals surface area contributed by atoms with Gasteiger partial charge in [-0.2, -0.15) is 0 Å². The third kappa shape index (κ3) is 2.98. The lowest BCUT2D eigenvalue weighted by Crippen LogP contribution is -2.27. The van der Waals surface area contributed by atoms with E-state index >= 15 is 0 Å². The van der Waals surface area contributed by atoms with E-state index in [0.29, 0.717) is 12.1 Å². The molecule has 0 spiro atoms. The maximum absolute atomic E-state index is 12.2. The van der Waals surface area contributed by atoms with Crippen molar-refractivity contribution in [3.8, 4) is 5.75 Å². The van der Waals surface area contributed by atoms with Crippen LogP contribution in [0.5, 0.6) is 5.75 Å². The molecular weight excluding hydrogens is 278 g/mol. The van der Waals surface area contributed by atoms with Gasteiger partial charge in [0, 0.05) is 24.3 Å². The van der Waals surface area contributed by atoms with Gasteiger partial charge < -0.3 is 14.6 Å². The Morgan fingerprint density at radius 2 is 2.27 bits per heavy atom. The number of aromatic nitrogens is 2. The van der Waals surface area contributed by atoms with E-state index in [-0.39, 0.29) is 5.91 Å². The van der Waals surface area contributed by atoms with E-state index in [1.54, 1.807) is 0 Å². The van der Waals surface area contributed by atoms with Crippen LogP contribution in [0.25, 0.3) is 0 Å². The lowest BCUT2D eigenvalue weighted by Gasteiger charge is -2.17. The molecule has 1 aromatic carbocycles. The minimum absolute atomic E-state index is 0.0390. The molecule has 5 nitrogen and oxygen atoms in total. The molecule has 0 aliphatic carbocycles. The number of rotatable bonds is 4. The second kappa shape index (κ2) is 6.22. The highest BCUT2D eigenvalue weighted by Crippen LogP contribution is 2.25. The van der Waals surface area contributed by atoms with Gasteiger partial charge in [-0.1, -0.05) is 0 Å².